The predicted octanol–water partition coefficient (Wildman–Crippen LogP) is 4.44. The molecule has 31 heavy (non-hydrogen) atoms. The molecule has 1 unspecified atom stereocenters. The molecule has 3 aromatic rings. The molecule has 0 amide bonds. The minimum atomic E-state index is -3.67. The Bertz CT molecular complexity index is 1200. The first-order valence-electron chi connectivity index (χ1n) is 10.1. The number of hydrogen-bond acceptors (Lipinski definition) is 5. The van der Waals surface area contributed by atoms with E-state index < -0.39 is 10.0 Å². The Balaban J connectivity index is 1.34. The van der Waals surface area contributed by atoms with E-state index in [1.54, 1.807) is 24.3 Å². The summed E-state index contributed by atoms with van der Waals surface area (Å²) in [5, 5.41) is 6.42. The summed E-state index contributed by atoms with van der Waals surface area (Å²) in [5.41, 5.74) is 3.97. The summed E-state index contributed by atoms with van der Waals surface area (Å²) in [4.78, 5) is 0.202. The molecule has 1 atom stereocenters. The number of rotatable bonds is 7. The Labute approximate surface area is 183 Å². The van der Waals surface area contributed by atoms with Crippen molar-refractivity contribution in [1.29, 1.82) is 0 Å². The third kappa shape index (κ3) is 5.13. The van der Waals surface area contributed by atoms with Crippen LogP contribution in [-0.2, 0) is 16.6 Å². The molecule has 160 valence electrons. The molecule has 0 saturated carbocycles. The van der Waals surface area contributed by atoms with Crippen LogP contribution >= 0.6 is 0 Å². The second-order valence-corrected chi connectivity index (χ2v) is 9.16. The van der Waals surface area contributed by atoms with Crippen LogP contribution in [0.15, 0.2) is 82.1 Å². The van der Waals surface area contributed by atoms with Crippen LogP contribution < -0.4 is 15.4 Å². The largest absolute Gasteiger partial charge is 0.489 e. The summed E-state index contributed by atoms with van der Waals surface area (Å²) in [7, 11) is -3.67. The number of hydrogen-bond donors (Lipinski definition) is 2. The van der Waals surface area contributed by atoms with Crippen LogP contribution in [0.5, 0.6) is 5.75 Å². The first-order chi connectivity index (χ1) is 14.9. The molecule has 0 saturated heterocycles. The van der Waals surface area contributed by atoms with Gasteiger partial charge < -0.3 is 15.4 Å². The fraction of sp³-hybridized carbons (Fsp3) is 0.208. The van der Waals surface area contributed by atoms with Gasteiger partial charge in [0.1, 0.15) is 23.1 Å². The molecule has 0 bridgehead atoms. The molecule has 7 heteroatoms. The van der Waals surface area contributed by atoms with E-state index in [1.807, 2.05) is 43.3 Å². The maximum absolute atomic E-state index is 12.3. The normalized spacial score (nSPS) is 15.4. The summed E-state index contributed by atoms with van der Waals surface area (Å²) in [5.74, 6) is 1.18. The van der Waals surface area contributed by atoms with Gasteiger partial charge in [-0.05, 0) is 49.2 Å². The molecular weight excluding hydrogens is 410 g/mol. The van der Waals surface area contributed by atoms with Crippen molar-refractivity contribution in [3.8, 4) is 5.75 Å². The van der Waals surface area contributed by atoms with Crippen molar-refractivity contribution in [1.82, 2.24) is 5.32 Å². The quantitative estimate of drug-likeness (QED) is 0.574. The topological polar surface area (TPSA) is 79.8 Å². The number of ether oxygens (including phenoxy) is 1. The molecule has 0 aliphatic carbocycles. The molecule has 2 N–H and O–H groups in total. The number of nitrogens with zero attached hydrogens (tertiary/aromatic N) is 1. The van der Waals surface area contributed by atoms with E-state index in [4.69, 9.17) is 4.74 Å². The Morgan fingerprint density at radius 1 is 1.03 bits per heavy atom. The smallest absolute Gasteiger partial charge is 0.286 e. The highest BCUT2D eigenvalue weighted by Crippen LogP contribution is 2.26. The molecule has 6 nitrogen and oxygen atoms in total. The Morgan fingerprint density at radius 2 is 1.81 bits per heavy atom. The Morgan fingerprint density at radius 3 is 2.58 bits per heavy atom. The van der Waals surface area contributed by atoms with E-state index in [0.29, 0.717) is 24.7 Å². The molecule has 0 spiro atoms. The van der Waals surface area contributed by atoms with Gasteiger partial charge in [-0.15, -0.1) is 4.40 Å². The summed E-state index contributed by atoms with van der Waals surface area (Å²) < 4.78 is 34.5. The SMILES string of the molecule is Cc1cccc(COc2ccc(C(C)NCC3=NS(=O)(=O)c4ccccc4N3)cc2)c1. The molecule has 1 aliphatic rings. The number of para-hydroxylation sites is 1. The van der Waals surface area contributed by atoms with E-state index in [0.717, 1.165) is 16.9 Å². The number of anilines is 1. The molecule has 4 rings (SSSR count). The van der Waals surface area contributed by atoms with Crippen LogP contribution in [0, 0.1) is 6.92 Å². The summed E-state index contributed by atoms with van der Waals surface area (Å²) >= 11 is 0. The molecule has 0 radical (unpaired) electrons. The van der Waals surface area contributed by atoms with Crippen molar-refractivity contribution >= 4 is 21.5 Å². The van der Waals surface area contributed by atoms with Gasteiger partial charge >= 0.3 is 0 Å². The molecule has 1 aliphatic heterocycles. The van der Waals surface area contributed by atoms with Crippen molar-refractivity contribution in [3.63, 3.8) is 0 Å². The van der Waals surface area contributed by atoms with Crippen LogP contribution in [0.3, 0.4) is 0 Å². The van der Waals surface area contributed by atoms with Gasteiger partial charge in [-0.2, -0.15) is 8.42 Å². The van der Waals surface area contributed by atoms with Gasteiger partial charge in [0.25, 0.3) is 10.0 Å². The highest BCUT2D eigenvalue weighted by atomic mass is 32.2. The fourth-order valence-electron chi connectivity index (χ4n) is 3.43. The second-order valence-electron chi connectivity index (χ2n) is 7.58. The van der Waals surface area contributed by atoms with Gasteiger partial charge in [0.05, 0.1) is 12.2 Å². The van der Waals surface area contributed by atoms with Gasteiger partial charge in [0.15, 0.2) is 0 Å². The first kappa shape index (κ1) is 21.1. The van der Waals surface area contributed by atoms with Crippen molar-refractivity contribution in [2.45, 2.75) is 31.4 Å². The fourth-order valence-corrected chi connectivity index (χ4v) is 4.58. The lowest BCUT2D eigenvalue weighted by molar-refractivity contribution is 0.306. The standard InChI is InChI=1S/C24H25N3O3S/c1-17-6-5-7-19(14-17)16-30-21-12-10-20(11-13-21)18(2)25-15-24-26-22-8-3-4-9-23(22)31(28,29)27-24/h3-14,18,25H,15-16H2,1-2H3,(H,26,27). The lowest BCUT2D eigenvalue weighted by Crippen LogP contribution is -2.33. The molecular formula is C24H25N3O3S. The third-order valence-electron chi connectivity index (χ3n) is 5.12. The van der Waals surface area contributed by atoms with Gasteiger partial charge in [0, 0.05) is 6.04 Å². The molecule has 3 aromatic carbocycles. The Kier molecular flexibility index (Phi) is 6.06. The molecule has 1 heterocycles. The van der Waals surface area contributed by atoms with Crippen LogP contribution in [0.4, 0.5) is 5.69 Å². The average Bonchev–Trinajstić information content (AvgIpc) is 2.76. The molecule has 0 fully saturated rings. The second kappa shape index (κ2) is 8.91. The van der Waals surface area contributed by atoms with Crippen molar-refractivity contribution < 1.29 is 13.2 Å². The number of nitrogens with one attached hydrogen (secondary N) is 2. The predicted molar refractivity (Wildman–Crippen MR) is 123 cm³/mol. The van der Waals surface area contributed by atoms with Gasteiger partial charge in [0.2, 0.25) is 0 Å². The van der Waals surface area contributed by atoms with Crippen molar-refractivity contribution in [3.05, 3.63) is 89.5 Å². The van der Waals surface area contributed by atoms with Gasteiger partial charge in [-0.1, -0.05) is 54.1 Å². The van der Waals surface area contributed by atoms with Crippen LogP contribution in [0.1, 0.15) is 29.7 Å². The van der Waals surface area contributed by atoms with Crippen LogP contribution in [0.25, 0.3) is 0 Å². The van der Waals surface area contributed by atoms with Gasteiger partial charge in [-0.3, -0.25) is 0 Å². The van der Waals surface area contributed by atoms with E-state index in [-0.39, 0.29) is 10.9 Å². The molecule has 0 aromatic heterocycles. The maximum Gasteiger partial charge on any atom is 0.286 e. The van der Waals surface area contributed by atoms with Gasteiger partial charge in [-0.25, -0.2) is 0 Å². The number of sulfonamides is 1. The summed E-state index contributed by atoms with van der Waals surface area (Å²) in [6.07, 6.45) is 0. The first-order valence-corrected chi connectivity index (χ1v) is 11.6. The summed E-state index contributed by atoms with van der Waals surface area (Å²) in [6.45, 7) is 4.92. The zero-order valence-corrected chi connectivity index (χ0v) is 18.3. The lowest BCUT2D eigenvalue weighted by atomic mass is 10.1. The number of fused-ring (bicyclic) bond motifs is 1. The minimum absolute atomic E-state index is 0.00944. The minimum Gasteiger partial charge on any atom is -0.489 e. The van der Waals surface area contributed by atoms with E-state index in [2.05, 4.69) is 34.1 Å². The highest BCUT2D eigenvalue weighted by Gasteiger charge is 2.24. The monoisotopic (exact) mass is 435 g/mol. The zero-order valence-electron chi connectivity index (χ0n) is 17.5. The van der Waals surface area contributed by atoms with Crippen LogP contribution in [0.2, 0.25) is 0 Å². The third-order valence-corrected chi connectivity index (χ3v) is 6.49. The number of amidine groups is 1. The number of benzene rings is 3. The van der Waals surface area contributed by atoms with Crippen molar-refractivity contribution in [2.24, 2.45) is 4.40 Å². The summed E-state index contributed by atoms with van der Waals surface area (Å²) in [6, 6.07) is 22.9. The maximum atomic E-state index is 12.3. The highest BCUT2D eigenvalue weighted by molar-refractivity contribution is 7.90. The van der Waals surface area contributed by atoms with E-state index in [9.17, 15) is 8.42 Å². The van der Waals surface area contributed by atoms with Crippen molar-refractivity contribution in [2.75, 3.05) is 11.9 Å². The van der Waals surface area contributed by atoms with E-state index in [1.165, 1.54) is 5.56 Å². The lowest BCUT2D eigenvalue weighted by Gasteiger charge is -2.20. The number of aryl methyl sites for hydroxylation is 1. The Hall–Kier alpha value is -3.16. The van der Waals surface area contributed by atoms with E-state index >= 15 is 0 Å². The zero-order chi connectivity index (χ0) is 21.8. The average molecular weight is 436 g/mol. The van der Waals surface area contributed by atoms with Crippen LogP contribution in [-0.4, -0.2) is 20.8 Å².